The van der Waals surface area contributed by atoms with Crippen molar-refractivity contribution in [3.63, 3.8) is 0 Å². The van der Waals surface area contributed by atoms with Crippen LogP contribution in [0.4, 0.5) is 0 Å². The van der Waals surface area contributed by atoms with Crippen LogP contribution in [0.2, 0.25) is 0 Å². The average Bonchev–Trinajstić information content (AvgIpc) is 2.89. The Morgan fingerprint density at radius 1 is 1.22 bits per heavy atom. The van der Waals surface area contributed by atoms with Crippen molar-refractivity contribution >= 4 is 29.7 Å². The van der Waals surface area contributed by atoms with Crippen molar-refractivity contribution in [3.05, 3.63) is 40.9 Å². The molecule has 23 heavy (non-hydrogen) atoms. The minimum Gasteiger partial charge on any atom is -0.348 e. The number of nitrogens with zero attached hydrogens (tertiary/aromatic N) is 1. The number of nitrogens with one attached hydrogen (secondary N) is 1. The molecule has 0 radical (unpaired) electrons. The maximum absolute atomic E-state index is 12.1. The maximum Gasteiger partial charge on any atom is 0.224 e. The molecule has 6 heteroatoms. The molecule has 2 aromatic rings. The van der Waals surface area contributed by atoms with E-state index < -0.39 is 0 Å². The largest absolute Gasteiger partial charge is 0.348 e. The number of carbonyl (C=O) groups excluding carboxylic acids is 1. The Balaban J connectivity index is 0.00000264. The first-order valence-electron chi connectivity index (χ1n) is 7.49. The summed E-state index contributed by atoms with van der Waals surface area (Å²) in [4.78, 5) is 17.9. The molecule has 0 aliphatic heterocycles. The molecule has 1 amide bonds. The van der Waals surface area contributed by atoms with Gasteiger partial charge in [-0.3, -0.25) is 4.79 Å². The van der Waals surface area contributed by atoms with Gasteiger partial charge in [0.1, 0.15) is 5.01 Å². The molecular weight excluding hydrogens is 330 g/mol. The van der Waals surface area contributed by atoms with Gasteiger partial charge in [-0.25, -0.2) is 4.98 Å². The Bertz CT molecular complexity index is 643. The predicted octanol–water partition coefficient (Wildman–Crippen LogP) is 3.70. The van der Waals surface area contributed by atoms with Crippen LogP contribution < -0.4 is 11.1 Å². The van der Waals surface area contributed by atoms with Gasteiger partial charge >= 0.3 is 0 Å². The summed E-state index contributed by atoms with van der Waals surface area (Å²) in [6.45, 7) is 7.67. The number of amides is 1. The van der Waals surface area contributed by atoms with E-state index in [2.05, 4.69) is 10.3 Å². The summed E-state index contributed by atoms with van der Waals surface area (Å²) in [7, 11) is 0. The minimum absolute atomic E-state index is 0. The first kappa shape index (κ1) is 19.6. The quantitative estimate of drug-likeness (QED) is 0.861. The number of carbonyl (C=O) groups is 1. The lowest BCUT2D eigenvalue weighted by Gasteiger charge is -2.19. The van der Waals surface area contributed by atoms with E-state index >= 15 is 0 Å². The molecule has 3 unspecified atom stereocenters. The van der Waals surface area contributed by atoms with E-state index in [0.29, 0.717) is 0 Å². The minimum atomic E-state index is -0.204. The third kappa shape index (κ3) is 4.77. The molecule has 3 N–H and O–H groups in total. The summed E-state index contributed by atoms with van der Waals surface area (Å²) in [5.74, 6) is -0.221. The molecule has 1 heterocycles. The van der Waals surface area contributed by atoms with Gasteiger partial charge in [0.15, 0.2) is 0 Å². The third-order valence-electron chi connectivity index (χ3n) is 3.81. The van der Waals surface area contributed by atoms with E-state index in [9.17, 15) is 4.79 Å². The van der Waals surface area contributed by atoms with E-state index in [1.807, 2.05) is 58.0 Å². The number of thiazole rings is 1. The van der Waals surface area contributed by atoms with Crippen molar-refractivity contribution in [3.8, 4) is 10.6 Å². The molecule has 0 spiro atoms. The molecule has 0 fully saturated rings. The van der Waals surface area contributed by atoms with Crippen molar-refractivity contribution in [1.82, 2.24) is 10.3 Å². The highest BCUT2D eigenvalue weighted by atomic mass is 35.5. The van der Waals surface area contributed by atoms with Crippen LogP contribution >= 0.6 is 23.7 Å². The van der Waals surface area contributed by atoms with Crippen LogP contribution in [0.5, 0.6) is 0 Å². The van der Waals surface area contributed by atoms with E-state index in [4.69, 9.17) is 5.73 Å². The van der Waals surface area contributed by atoms with Gasteiger partial charge in [0.25, 0.3) is 0 Å². The molecule has 4 nitrogen and oxygen atoms in total. The summed E-state index contributed by atoms with van der Waals surface area (Å²) < 4.78 is 0. The molecule has 1 aromatic heterocycles. The summed E-state index contributed by atoms with van der Waals surface area (Å²) in [5, 5.41) is 4.02. The summed E-state index contributed by atoms with van der Waals surface area (Å²) in [5.41, 5.74) is 7.85. The van der Waals surface area contributed by atoms with Crippen molar-refractivity contribution in [2.75, 3.05) is 0 Å². The lowest BCUT2D eigenvalue weighted by molar-refractivity contribution is -0.125. The zero-order chi connectivity index (χ0) is 16.3. The van der Waals surface area contributed by atoms with E-state index in [-0.39, 0.29) is 36.3 Å². The number of aryl methyl sites for hydroxylation is 1. The van der Waals surface area contributed by atoms with Gasteiger partial charge < -0.3 is 11.1 Å². The maximum atomic E-state index is 12.1. The average molecular weight is 354 g/mol. The highest BCUT2D eigenvalue weighted by Crippen LogP contribution is 2.31. The Kier molecular flexibility index (Phi) is 7.19. The third-order valence-corrected chi connectivity index (χ3v) is 5.20. The summed E-state index contributed by atoms with van der Waals surface area (Å²) in [6, 6.07) is 9.86. The van der Waals surface area contributed by atoms with Crippen LogP contribution in [0.25, 0.3) is 10.6 Å². The van der Waals surface area contributed by atoms with Crippen LogP contribution in [0.3, 0.4) is 0 Å². The second-order valence-electron chi connectivity index (χ2n) is 5.71. The number of hydrogen-bond donors (Lipinski definition) is 2. The van der Waals surface area contributed by atoms with Gasteiger partial charge in [-0.1, -0.05) is 37.3 Å². The molecular formula is C17H24ClN3OS. The molecule has 0 aliphatic carbocycles. The van der Waals surface area contributed by atoms with Crippen LogP contribution in [-0.2, 0) is 4.79 Å². The molecule has 0 saturated carbocycles. The second kappa shape index (κ2) is 8.43. The van der Waals surface area contributed by atoms with Crippen LogP contribution in [0.15, 0.2) is 30.3 Å². The molecule has 126 valence electrons. The zero-order valence-corrected chi connectivity index (χ0v) is 15.5. The van der Waals surface area contributed by atoms with Gasteiger partial charge in [0.2, 0.25) is 5.91 Å². The molecule has 3 atom stereocenters. The fourth-order valence-electron chi connectivity index (χ4n) is 2.16. The summed E-state index contributed by atoms with van der Waals surface area (Å²) >= 11 is 1.63. The van der Waals surface area contributed by atoms with Crippen molar-refractivity contribution < 1.29 is 4.79 Å². The van der Waals surface area contributed by atoms with Crippen LogP contribution in [-0.4, -0.2) is 16.9 Å². The Hall–Kier alpha value is -1.43. The number of hydrogen-bond acceptors (Lipinski definition) is 4. The number of rotatable bonds is 5. The second-order valence-corrected chi connectivity index (χ2v) is 6.74. The van der Waals surface area contributed by atoms with Gasteiger partial charge in [0, 0.05) is 17.5 Å². The lowest BCUT2D eigenvalue weighted by Crippen LogP contribution is -2.39. The Labute approximate surface area is 147 Å². The smallest absolute Gasteiger partial charge is 0.224 e. The van der Waals surface area contributed by atoms with Crippen molar-refractivity contribution in [2.45, 2.75) is 39.8 Å². The number of benzene rings is 1. The normalized spacial score (nSPS) is 14.5. The van der Waals surface area contributed by atoms with Gasteiger partial charge in [-0.15, -0.1) is 23.7 Å². The van der Waals surface area contributed by atoms with Crippen molar-refractivity contribution in [1.29, 1.82) is 0 Å². The van der Waals surface area contributed by atoms with E-state index in [1.54, 1.807) is 11.3 Å². The molecule has 1 aromatic carbocycles. The lowest BCUT2D eigenvalue weighted by atomic mass is 10.0. The number of aromatic nitrogens is 1. The molecule has 0 saturated heterocycles. The first-order valence-corrected chi connectivity index (χ1v) is 8.30. The summed E-state index contributed by atoms with van der Waals surface area (Å²) in [6.07, 6.45) is 0. The topological polar surface area (TPSA) is 68.0 Å². The highest BCUT2D eigenvalue weighted by Gasteiger charge is 2.22. The fraction of sp³-hybridized carbons (Fsp3) is 0.412. The first-order chi connectivity index (χ1) is 10.4. The molecule has 2 rings (SSSR count). The highest BCUT2D eigenvalue weighted by molar-refractivity contribution is 7.15. The molecule has 0 aliphatic rings. The zero-order valence-electron chi connectivity index (χ0n) is 13.9. The Morgan fingerprint density at radius 3 is 2.39 bits per heavy atom. The fourth-order valence-corrected chi connectivity index (χ4v) is 3.24. The van der Waals surface area contributed by atoms with Crippen LogP contribution in [0, 0.1) is 12.8 Å². The number of halogens is 1. The van der Waals surface area contributed by atoms with E-state index in [0.717, 1.165) is 21.1 Å². The van der Waals surface area contributed by atoms with Gasteiger partial charge in [-0.05, 0) is 20.8 Å². The molecule has 0 bridgehead atoms. The van der Waals surface area contributed by atoms with Crippen molar-refractivity contribution in [2.24, 2.45) is 11.7 Å². The Morgan fingerprint density at radius 2 is 1.83 bits per heavy atom. The van der Waals surface area contributed by atoms with E-state index in [1.165, 1.54) is 0 Å². The van der Waals surface area contributed by atoms with Gasteiger partial charge in [-0.2, -0.15) is 0 Å². The predicted molar refractivity (Wildman–Crippen MR) is 98.9 cm³/mol. The number of nitrogens with two attached hydrogens (primary N) is 1. The monoisotopic (exact) mass is 353 g/mol. The standard InChI is InChI=1S/C17H23N3OS.ClH/c1-10(11(2)18)16(21)19-12(3)15-13(4)20-17(22-15)14-8-6-5-7-9-14;/h5-12H,18H2,1-4H3,(H,19,21);1H. The SMILES string of the molecule is Cc1nc(-c2ccccc2)sc1C(C)NC(=O)C(C)C(C)N.Cl. The van der Waals surface area contributed by atoms with Crippen LogP contribution in [0.1, 0.15) is 37.4 Å². The van der Waals surface area contributed by atoms with Gasteiger partial charge in [0.05, 0.1) is 16.6 Å².